The first-order chi connectivity index (χ1) is 9.38. The van der Waals surface area contributed by atoms with Gasteiger partial charge in [-0.2, -0.15) is 4.98 Å². The lowest BCUT2D eigenvalue weighted by atomic mass is 9.96. The van der Waals surface area contributed by atoms with Crippen molar-refractivity contribution in [3.05, 3.63) is 22.7 Å². The van der Waals surface area contributed by atoms with Gasteiger partial charge in [-0.05, 0) is 18.4 Å². The van der Waals surface area contributed by atoms with Gasteiger partial charge < -0.3 is 20.7 Å². The minimum Gasteiger partial charge on any atom is -0.394 e. The molecular formula is C13H21N3O4. The third-order valence-electron chi connectivity index (χ3n) is 3.50. The van der Waals surface area contributed by atoms with Gasteiger partial charge in [0.15, 0.2) is 5.72 Å². The van der Waals surface area contributed by atoms with Crippen LogP contribution in [0.3, 0.4) is 0 Å². The molecule has 112 valence electrons. The molecule has 2 rings (SSSR count). The van der Waals surface area contributed by atoms with Crippen LogP contribution in [0.1, 0.15) is 26.7 Å². The van der Waals surface area contributed by atoms with Crippen molar-refractivity contribution in [2.75, 3.05) is 12.3 Å². The van der Waals surface area contributed by atoms with Crippen LogP contribution in [0.4, 0.5) is 5.82 Å². The number of nitrogens with zero attached hydrogens (tertiary/aromatic N) is 2. The Kier molecular flexibility index (Phi) is 4.12. The molecule has 1 aliphatic rings. The fraction of sp³-hybridized carbons (Fsp3) is 0.692. The predicted octanol–water partition coefficient (Wildman–Crippen LogP) is -0.334. The SMILES string of the molecule is CC(C)C[C@]1(n2ccc(N)nc2=O)C[C@H](O)[C@@H](CO)O1. The van der Waals surface area contributed by atoms with E-state index in [-0.39, 0.29) is 24.8 Å². The number of hydrogen-bond acceptors (Lipinski definition) is 6. The summed E-state index contributed by atoms with van der Waals surface area (Å²) in [7, 11) is 0. The summed E-state index contributed by atoms with van der Waals surface area (Å²) in [5.41, 5.74) is 3.99. The topological polar surface area (TPSA) is 111 Å². The zero-order valence-corrected chi connectivity index (χ0v) is 11.7. The van der Waals surface area contributed by atoms with Crippen molar-refractivity contribution in [1.82, 2.24) is 9.55 Å². The molecule has 0 bridgehead atoms. The van der Waals surface area contributed by atoms with Crippen molar-refractivity contribution < 1.29 is 14.9 Å². The first kappa shape index (κ1) is 15.0. The second-order valence-corrected chi connectivity index (χ2v) is 5.66. The van der Waals surface area contributed by atoms with Crippen LogP contribution in [0.2, 0.25) is 0 Å². The van der Waals surface area contributed by atoms with Crippen LogP contribution in [-0.2, 0) is 10.5 Å². The first-order valence-electron chi connectivity index (χ1n) is 6.70. The molecule has 3 atom stereocenters. The van der Waals surface area contributed by atoms with Crippen molar-refractivity contribution >= 4 is 5.82 Å². The fourth-order valence-corrected chi connectivity index (χ4v) is 2.77. The highest BCUT2D eigenvalue weighted by Crippen LogP contribution is 2.39. The molecule has 1 aliphatic heterocycles. The van der Waals surface area contributed by atoms with Crippen LogP contribution in [0.25, 0.3) is 0 Å². The normalized spacial score (nSPS) is 30.1. The lowest BCUT2D eigenvalue weighted by Gasteiger charge is -2.32. The highest BCUT2D eigenvalue weighted by molar-refractivity contribution is 5.24. The summed E-state index contributed by atoms with van der Waals surface area (Å²) in [6.07, 6.45) is 0.787. The zero-order chi connectivity index (χ0) is 14.9. The zero-order valence-electron chi connectivity index (χ0n) is 11.7. The van der Waals surface area contributed by atoms with E-state index in [1.165, 1.54) is 16.8 Å². The molecule has 0 amide bonds. The van der Waals surface area contributed by atoms with Crippen LogP contribution in [-0.4, -0.2) is 38.6 Å². The standard InChI is InChI=1S/C13H21N3O4/c1-8(2)5-13(6-9(18)10(7-17)20-13)16-4-3-11(14)15-12(16)19/h3-4,8-10,17-18H,5-7H2,1-2H3,(H2,14,15,19)/t9-,10+,13+/m0/s1. The fourth-order valence-electron chi connectivity index (χ4n) is 2.77. The summed E-state index contributed by atoms with van der Waals surface area (Å²) in [5, 5.41) is 19.3. The number of aliphatic hydroxyl groups excluding tert-OH is 2. The molecule has 1 aromatic rings. The maximum absolute atomic E-state index is 12.1. The van der Waals surface area contributed by atoms with Crippen molar-refractivity contribution in [3.8, 4) is 0 Å². The van der Waals surface area contributed by atoms with Gasteiger partial charge >= 0.3 is 5.69 Å². The number of nitrogen functional groups attached to an aromatic ring is 1. The molecule has 4 N–H and O–H groups in total. The molecule has 1 aromatic heterocycles. The minimum absolute atomic E-state index is 0.142. The molecule has 7 heteroatoms. The maximum Gasteiger partial charge on any atom is 0.351 e. The summed E-state index contributed by atoms with van der Waals surface area (Å²) < 4.78 is 7.17. The van der Waals surface area contributed by atoms with Gasteiger partial charge in [0, 0.05) is 12.6 Å². The van der Waals surface area contributed by atoms with Crippen molar-refractivity contribution in [2.24, 2.45) is 5.92 Å². The third-order valence-corrected chi connectivity index (χ3v) is 3.50. The van der Waals surface area contributed by atoms with E-state index in [0.717, 1.165) is 0 Å². The number of rotatable bonds is 4. The Labute approximate surface area is 117 Å². The second kappa shape index (κ2) is 5.51. The van der Waals surface area contributed by atoms with Crippen LogP contribution < -0.4 is 11.4 Å². The van der Waals surface area contributed by atoms with E-state index in [9.17, 15) is 15.0 Å². The monoisotopic (exact) mass is 283 g/mol. The van der Waals surface area contributed by atoms with Crippen LogP contribution in [0.15, 0.2) is 17.1 Å². The van der Waals surface area contributed by atoms with E-state index in [0.29, 0.717) is 6.42 Å². The summed E-state index contributed by atoms with van der Waals surface area (Å²) in [6, 6.07) is 1.52. The molecule has 0 unspecified atom stereocenters. The lowest BCUT2D eigenvalue weighted by Crippen LogP contribution is -2.43. The van der Waals surface area contributed by atoms with Crippen molar-refractivity contribution in [2.45, 2.75) is 44.6 Å². The van der Waals surface area contributed by atoms with Gasteiger partial charge in [0.05, 0.1) is 12.7 Å². The van der Waals surface area contributed by atoms with Gasteiger partial charge in [-0.15, -0.1) is 0 Å². The first-order valence-corrected chi connectivity index (χ1v) is 6.70. The van der Waals surface area contributed by atoms with E-state index in [1.54, 1.807) is 0 Å². The van der Waals surface area contributed by atoms with Crippen LogP contribution in [0.5, 0.6) is 0 Å². The maximum atomic E-state index is 12.1. The summed E-state index contributed by atoms with van der Waals surface area (Å²) >= 11 is 0. The molecule has 1 saturated heterocycles. The molecule has 1 fully saturated rings. The van der Waals surface area contributed by atoms with Gasteiger partial charge in [-0.3, -0.25) is 4.57 Å². The molecule has 0 aromatic carbocycles. The number of hydrogen-bond donors (Lipinski definition) is 3. The molecule has 0 spiro atoms. The Morgan fingerprint density at radius 2 is 2.35 bits per heavy atom. The summed E-state index contributed by atoms with van der Waals surface area (Å²) in [5.74, 6) is 0.382. The Bertz CT molecular complexity index is 531. The predicted molar refractivity (Wildman–Crippen MR) is 72.9 cm³/mol. The molecule has 2 heterocycles. The highest BCUT2D eigenvalue weighted by Gasteiger charge is 2.47. The number of nitrogens with two attached hydrogens (primary N) is 1. The van der Waals surface area contributed by atoms with E-state index in [1.807, 2.05) is 13.8 Å². The highest BCUT2D eigenvalue weighted by atomic mass is 16.6. The number of aliphatic hydroxyl groups is 2. The molecule has 20 heavy (non-hydrogen) atoms. The summed E-state index contributed by atoms with van der Waals surface area (Å²) in [6.45, 7) is 3.71. The Balaban J connectivity index is 2.45. The van der Waals surface area contributed by atoms with Gasteiger partial charge in [0.1, 0.15) is 11.9 Å². The molecular weight excluding hydrogens is 262 g/mol. The Morgan fingerprint density at radius 1 is 1.65 bits per heavy atom. The average molecular weight is 283 g/mol. The van der Waals surface area contributed by atoms with Gasteiger partial charge in [-0.1, -0.05) is 13.8 Å². The van der Waals surface area contributed by atoms with Crippen LogP contribution in [0, 0.1) is 5.92 Å². The molecule has 0 saturated carbocycles. The second-order valence-electron chi connectivity index (χ2n) is 5.66. The lowest BCUT2D eigenvalue weighted by molar-refractivity contribution is -0.129. The number of ether oxygens (including phenoxy) is 1. The molecule has 0 aliphatic carbocycles. The van der Waals surface area contributed by atoms with E-state index >= 15 is 0 Å². The van der Waals surface area contributed by atoms with E-state index < -0.39 is 23.6 Å². The van der Waals surface area contributed by atoms with E-state index in [4.69, 9.17) is 10.5 Å². The largest absolute Gasteiger partial charge is 0.394 e. The third kappa shape index (κ3) is 2.70. The smallest absolute Gasteiger partial charge is 0.351 e. The Hall–Kier alpha value is -1.44. The van der Waals surface area contributed by atoms with E-state index in [2.05, 4.69) is 4.98 Å². The molecule has 0 radical (unpaired) electrons. The van der Waals surface area contributed by atoms with Crippen molar-refractivity contribution in [3.63, 3.8) is 0 Å². The van der Waals surface area contributed by atoms with Gasteiger partial charge in [0.25, 0.3) is 0 Å². The Morgan fingerprint density at radius 3 is 2.85 bits per heavy atom. The van der Waals surface area contributed by atoms with Crippen LogP contribution >= 0.6 is 0 Å². The van der Waals surface area contributed by atoms with Gasteiger partial charge in [0.2, 0.25) is 0 Å². The summed E-state index contributed by atoms with van der Waals surface area (Å²) in [4.78, 5) is 15.8. The molecule has 7 nitrogen and oxygen atoms in total. The van der Waals surface area contributed by atoms with Crippen molar-refractivity contribution in [1.29, 1.82) is 0 Å². The number of aromatic nitrogens is 2. The minimum atomic E-state index is -0.987. The average Bonchev–Trinajstić information content (AvgIpc) is 2.65. The quantitative estimate of drug-likeness (QED) is 0.697. The van der Waals surface area contributed by atoms with Gasteiger partial charge in [-0.25, -0.2) is 4.79 Å². The number of anilines is 1.